The van der Waals surface area contributed by atoms with E-state index < -0.39 is 0 Å². The largest absolute Gasteiger partial charge is 0.354 e. The molecule has 3 heteroatoms. The second-order valence-electron chi connectivity index (χ2n) is 9.42. The summed E-state index contributed by atoms with van der Waals surface area (Å²) in [4.78, 5) is 3.67. The summed E-state index contributed by atoms with van der Waals surface area (Å²) in [5, 5.41) is 5.18. The number of nitrogens with zero attached hydrogens (tertiary/aromatic N) is 2. The summed E-state index contributed by atoms with van der Waals surface area (Å²) in [6, 6.07) is 33.1. The predicted octanol–water partition coefficient (Wildman–Crippen LogP) is 8.43. The number of hydrogen-bond acceptors (Lipinski definition) is 0. The highest BCUT2D eigenvalue weighted by molar-refractivity contribution is 6.31. The fraction of sp³-hybridized carbons (Fsp3) is 0.0625. The lowest BCUT2D eigenvalue weighted by Crippen LogP contribution is -2.06. The maximum Gasteiger partial charge on any atom is 0.0800 e. The molecule has 0 spiro atoms. The van der Waals surface area contributed by atoms with Crippen LogP contribution in [0.5, 0.6) is 0 Å². The van der Waals surface area contributed by atoms with E-state index in [1.165, 1.54) is 60.3 Å². The van der Waals surface area contributed by atoms with Crippen LogP contribution in [0.1, 0.15) is 12.5 Å². The summed E-state index contributed by atoms with van der Waals surface area (Å²) in [6.45, 7) is 0. The molecule has 0 saturated heterocycles. The number of rotatable bonds is 2. The lowest BCUT2D eigenvalue weighted by molar-refractivity contribution is 0.649. The van der Waals surface area contributed by atoms with Gasteiger partial charge in [-0.3, -0.25) is 0 Å². The average molecular weight is 450 g/mol. The highest BCUT2D eigenvalue weighted by atomic mass is 15.1. The van der Waals surface area contributed by atoms with Crippen molar-refractivity contribution in [3.8, 4) is 5.69 Å². The Morgan fingerprint density at radius 3 is 2.29 bits per heavy atom. The van der Waals surface area contributed by atoms with Crippen molar-refractivity contribution in [2.45, 2.75) is 12.5 Å². The van der Waals surface area contributed by atoms with Crippen molar-refractivity contribution < 1.29 is 0 Å². The first-order valence-electron chi connectivity index (χ1n) is 12.3. The van der Waals surface area contributed by atoms with Crippen molar-refractivity contribution >= 4 is 54.6 Å². The van der Waals surface area contributed by atoms with Gasteiger partial charge < -0.3 is 14.1 Å². The quantitative estimate of drug-likeness (QED) is 0.274. The molecule has 1 N–H and O–H groups in total. The number of hydrogen-bond donors (Lipinski definition) is 1. The van der Waals surface area contributed by atoms with Gasteiger partial charge >= 0.3 is 0 Å². The minimum Gasteiger partial charge on any atom is -0.354 e. The standard InChI is InChI=1S/C32H23N3/c1-3-11-21(12-4-1)34-27-18-10-8-16-24(27)31-32(34)30-28(35(31)22-13-5-2-6-14-22)20-19-26-29(30)23-15-7-9-17-25(23)33-26/h1-11,13-21,33H,12H2. The number of benzene rings is 4. The molecule has 0 radical (unpaired) electrons. The van der Waals surface area contributed by atoms with Crippen LogP contribution in [0.2, 0.25) is 0 Å². The lowest BCUT2D eigenvalue weighted by Gasteiger charge is -2.18. The lowest BCUT2D eigenvalue weighted by atomic mass is 10.1. The number of para-hydroxylation sites is 3. The summed E-state index contributed by atoms with van der Waals surface area (Å²) in [5.41, 5.74) is 8.67. The molecule has 7 aromatic rings. The van der Waals surface area contributed by atoms with Gasteiger partial charge in [0.2, 0.25) is 0 Å². The maximum atomic E-state index is 3.67. The van der Waals surface area contributed by atoms with Crippen molar-refractivity contribution in [3.63, 3.8) is 0 Å². The molecule has 0 amide bonds. The van der Waals surface area contributed by atoms with Crippen LogP contribution >= 0.6 is 0 Å². The summed E-state index contributed by atoms with van der Waals surface area (Å²) in [7, 11) is 0. The minimum atomic E-state index is 0.276. The fourth-order valence-electron chi connectivity index (χ4n) is 6.14. The number of nitrogens with one attached hydrogen (secondary N) is 1. The van der Waals surface area contributed by atoms with Crippen LogP contribution in [-0.4, -0.2) is 14.1 Å². The molecule has 35 heavy (non-hydrogen) atoms. The molecule has 4 aromatic carbocycles. The Labute approximate surface area is 202 Å². The molecule has 0 saturated carbocycles. The molecule has 8 rings (SSSR count). The first-order valence-corrected chi connectivity index (χ1v) is 12.3. The van der Waals surface area contributed by atoms with Gasteiger partial charge in [0, 0.05) is 38.3 Å². The first-order chi connectivity index (χ1) is 17.4. The average Bonchev–Trinajstić information content (AvgIpc) is 3.56. The van der Waals surface area contributed by atoms with Crippen LogP contribution < -0.4 is 0 Å². The van der Waals surface area contributed by atoms with E-state index in [4.69, 9.17) is 0 Å². The molecule has 1 atom stereocenters. The Morgan fingerprint density at radius 1 is 0.629 bits per heavy atom. The Kier molecular flexibility index (Phi) is 3.78. The Bertz CT molecular complexity index is 1980. The van der Waals surface area contributed by atoms with Crippen LogP contribution in [0.3, 0.4) is 0 Å². The molecule has 166 valence electrons. The molecule has 1 aliphatic rings. The number of H-pyrrole nitrogens is 1. The molecule has 1 aliphatic carbocycles. The van der Waals surface area contributed by atoms with Crippen molar-refractivity contribution in [2.75, 3.05) is 0 Å². The van der Waals surface area contributed by atoms with Crippen LogP contribution in [0.15, 0.2) is 115 Å². The van der Waals surface area contributed by atoms with E-state index in [9.17, 15) is 0 Å². The monoisotopic (exact) mass is 449 g/mol. The third-order valence-corrected chi connectivity index (χ3v) is 7.54. The van der Waals surface area contributed by atoms with Crippen molar-refractivity contribution in [2.24, 2.45) is 0 Å². The van der Waals surface area contributed by atoms with E-state index in [-0.39, 0.29) is 6.04 Å². The molecule has 1 unspecified atom stereocenters. The van der Waals surface area contributed by atoms with Crippen LogP contribution in [-0.2, 0) is 0 Å². The van der Waals surface area contributed by atoms with Gasteiger partial charge in [-0.2, -0.15) is 0 Å². The van der Waals surface area contributed by atoms with Gasteiger partial charge in [-0.15, -0.1) is 0 Å². The van der Waals surface area contributed by atoms with Crippen molar-refractivity contribution in [1.82, 2.24) is 14.1 Å². The zero-order valence-corrected chi connectivity index (χ0v) is 19.1. The van der Waals surface area contributed by atoms with Crippen molar-refractivity contribution in [3.05, 3.63) is 115 Å². The van der Waals surface area contributed by atoms with Crippen LogP contribution in [0, 0.1) is 0 Å². The molecular weight excluding hydrogens is 426 g/mol. The second-order valence-corrected chi connectivity index (χ2v) is 9.42. The van der Waals surface area contributed by atoms with Crippen molar-refractivity contribution in [1.29, 1.82) is 0 Å². The molecule has 3 aromatic heterocycles. The van der Waals surface area contributed by atoms with E-state index >= 15 is 0 Å². The Hall–Kier alpha value is -4.50. The normalized spacial score (nSPS) is 15.9. The molecule has 3 nitrogen and oxygen atoms in total. The second kappa shape index (κ2) is 7.00. The minimum absolute atomic E-state index is 0.276. The van der Waals surface area contributed by atoms with Gasteiger partial charge in [0.25, 0.3) is 0 Å². The smallest absolute Gasteiger partial charge is 0.0800 e. The molecule has 3 heterocycles. The maximum absolute atomic E-state index is 3.67. The molecule has 0 fully saturated rings. The predicted molar refractivity (Wildman–Crippen MR) is 148 cm³/mol. The van der Waals surface area contributed by atoms with E-state index in [1.807, 2.05) is 0 Å². The van der Waals surface area contributed by atoms with E-state index in [2.05, 4.69) is 129 Å². The number of aromatic amines is 1. The van der Waals surface area contributed by atoms with Gasteiger partial charge in [0.15, 0.2) is 0 Å². The van der Waals surface area contributed by atoms with Gasteiger partial charge in [-0.25, -0.2) is 0 Å². The highest BCUT2D eigenvalue weighted by Crippen LogP contribution is 2.45. The summed E-state index contributed by atoms with van der Waals surface area (Å²) < 4.78 is 5.04. The van der Waals surface area contributed by atoms with Crippen LogP contribution in [0.4, 0.5) is 0 Å². The highest BCUT2D eigenvalue weighted by Gasteiger charge is 2.26. The number of aromatic nitrogens is 3. The topological polar surface area (TPSA) is 25.6 Å². The zero-order chi connectivity index (χ0) is 22.9. The molecule has 0 bridgehead atoms. The van der Waals surface area contributed by atoms with Gasteiger partial charge in [-0.1, -0.05) is 78.9 Å². The van der Waals surface area contributed by atoms with Crippen LogP contribution in [0.25, 0.3) is 60.3 Å². The summed E-state index contributed by atoms with van der Waals surface area (Å²) in [5.74, 6) is 0. The van der Waals surface area contributed by atoms with Gasteiger partial charge in [0.05, 0.1) is 28.1 Å². The SMILES string of the molecule is C1=CCC(n2c3ccccc3c3c2c2c4c(ccc2n3-c2ccccc2)[nH]c2ccccc24)C=C1. The Balaban J connectivity index is 1.69. The summed E-state index contributed by atoms with van der Waals surface area (Å²) in [6.07, 6.45) is 9.96. The molecule has 0 aliphatic heterocycles. The van der Waals surface area contributed by atoms with E-state index in [1.54, 1.807) is 0 Å². The van der Waals surface area contributed by atoms with Gasteiger partial charge in [0.1, 0.15) is 0 Å². The zero-order valence-electron chi connectivity index (χ0n) is 19.1. The van der Waals surface area contributed by atoms with E-state index in [0.717, 1.165) is 6.42 Å². The summed E-state index contributed by atoms with van der Waals surface area (Å²) >= 11 is 0. The third kappa shape index (κ3) is 2.50. The molecular formula is C32H23N3. The Morgan fingerprint density at radius 2 is 1.43 bits per heavy atom. The van der Waals surface area contributed by atoms with Gasteiger partial charge in [-0.05, 0) is 42.8 Å². The number of allylic oxidation sites excluding steroid dienone is 4. The van der Waals surface area contributed by atoms with E-state index in [0.29, 0.717) is 0 Å². The first kappa shape index (κ1) is 18.9. The fourth-order valence-corrected chi connectivity index (χ4v) is 6.14. The number of fused-ring (bicyclic) bond motifs is 9. The third-order valence-electron chi connectivity index (χ3n) is 7.54.